The van der Waals surface area contributed by atoms with Gasteiger partial charge in [-0.15, -0.1) is 0 Å². The second kappa shape index (κ2) is 10.5. The molecule has 0 aliphatic heterocycles. The number of nitrogens with zero attached hydrogens (tertiary/aromatic N) is 3. The average molecular weight is 390 g/mol. The number of imidazole rings is 1. The number of aromatic nitrogens is 2. The van der Waals surface area contributed by atoms with Crippen LogP contribution in [-0.4, -0.2) is 29.1 Å². The van der Waals surface area contributed by atoms with Crippen LogP contribution < -0.4 is 10.6 Å². The molecule has 0 saturated heterocycles. The highest BCUT2D eigenvalue weighted by Crippen LogP contribution is 2.14. The standard InChI is InChI=1S/C24H31N5/c1-19-9-11-22(12-10-19)20(2)17-27-24(25-3)28-18-23-26-14-16-29(23)15-13-21-7-5-4-6-8-21/h4-12,14,16,20H,13,15,17-18H2,1-3H3,(H2,25,27,28). The van der Waals surface area contributed by atoms with Crippen molar-refractivity contribution in [2.45, 2.75) is 39.3 Å². The largest absolute Gasteiger partial charge is 0.356 e. The predicted octanol–water partition coefficient (Wildman–Crippen LogP) is 3.90. The molecule has 1 unspecified atom stereocenters. The fourth-order valence-electron chi connectivity index (χ4n) is 3.25. The molecule has 5 heteroatoms. The summed E-state index contributed by atoms with van der Waals surface area (Å²) < 4.78 is 2.20. The molecule has 0 fully saturated rings. The molecule has 2 aromatic carbocycles. The fourth-order valence-corrected chi connectivity index (χ4v) is 3.25. The van der Waals surface area contributed by atoms with Crippen molar-refractivity contribution in [2.24, 2.45) is 4.99 Å². The van der Waals surface area contributed by atoms with E-state index in [0.717, 1.165) is 31.3 Å². The van der Waals surface area contributed by atoms with Crippen molar-refractivity contribution in [3.05, 3.63) is 89.5 Å². The molecule has 1 aromatic heterocycles. The van der Waals surface area contributed by atoms with Gasteiger partial charge in [0, 0.05) is 32.5 Å². The summed E-state index contributed by atoms with van der Waals surface area (Å²) in [5.41, 5.74) is 3.95. The molecule has 0 amide bonds. The van der Waals surface area contributed by atoms with E-state index in [9.17, 15) is 0 Å². The minimum absolute atomic E-state index is 0.405. The predicted molar refractivity (Wildman–Crippen MR) is 120 cm³/mol. The molecule has 0 aliphatic rings. The van der Waals surface area contributed by atoms with Crippen molar-refractivity contribution in [2.75, 3.05) is 13.6 Å². The van der Waals surface area contributed by atoms with E-state index >= 15 is 0 Å². The van der Waals surface area contributed by atoms with Crippen LogP contribution in [0.5, 0.6) is 0 Å². The Balaban J connectivity index is 1.48. The first kappa shape index (κ1) is 20.6. The zero-order chi connectivity index (χ0) is 20.5. The lowest BCUT2D eigenvalue weighted by atomic mass is 10.0. The van der Waals surface area contributed by atoms with Gasteiger partial charge in [0.15, 0.2) is 5.96 Å². The summed E-state index contributed by atoms with van der Waals surface area (Å²) in [5, 5.41) is 6.81. The van der Waals surface area contributed by atoms with Crippen LogP contribution in [0.3, 0.4) is 0 Å². The SMILES string of the molecule is CN=C(NCc1nccn1CCc1ccccc1)NCC(C)c1ccc(C)cc1. The molecule has 1 atom stereocenters. The summed E-state index contributed by atoms with van der Waals surface area (Å²) in [6, 6.07) is 19.3. The highest BCUT2D eigenvalue weighted by atomic mass is 15.2. The highest BCUT2D eigenvalue weighted by Gasteiger charge is 2.08. The average Bonchev–Trinajstić information content (AvgIpc) is 3.21. The van der Waals surface area contributed by atoms with E-state index in [-0.39, 0.29) is 0 Å². The molecule has 152 valence electrons. The molecule has 0 aliphatic carbocycles. The topological polar surface area (TPSA) is 54.2 Å². The van der Waals surface area contributed by atoms with E-state index in [4.69, 9.17) is 0 Å². The molecule has 0 radical (unpaired) electrons. The molecular weight excluding hydrogens is 358 g/mol. The molecule has 3 rings (SSSR count). The van der Waals surface area contributed by atoms with Gasteiger partial charge in [-0.3, -0.25) is 4.99 Å². The lowest BCUT2D eigenvalue weighted by Gasteiger charge is -2.17. The maximum Gasteiger partial charge on any atom is 0.191 e. The van der Waals surface area contributed by atoms with Crippen molar-refractivity contribution >= 4 is 5.96 Å². The van der Waals surface area contributed by atoms with Gasteiger partial charge in [-0.1, -0.05) is 67.1 Å². The van der Waals surface area contributed by atoms with E-state index in [2.05, 4.69) is 87.6 Å². The Labute approximate surface area is 173 Å². The van der Waals surface area contributed by atoms with Gasteiger partial charge in [-0.05, 0) is 30.4 Å². The second-order valence-corrected chi connectivity index (χ2v) is 7.39. The number of benzene rings is 2. The van der Waals surface area contributed by atoms with Gasteiger partial charge in [0.25, 0.3) is 0 Å². The molecule has 0 bridgehead atoms. The van der Waals surface area contributed by atoms with Crippen LogP contribution in [0.2, 0.25) is 0 Å². The molecule has 0 spiro atoms. The first-order chi connectivity index (χ1) is 14.2. The summed E-state index contributed by atoms with van der Waals surface area (Å²) in [6.07, 6.45) is 4.89. The van der Waals surface area contributed by atoms with Gasteiger partial charge in [-0.2, -0.15) is 0 Å². The Morgan fingerprint density at radius 3 is 2.55 bits per heavy atom. The molecular formula is C24H31N5. The van der Waals surface area contributed by atoms with Gasteiger partial charge < -0.3 is 15.2 Å². The second-order valence-electron chi connectivity index (χ2n) is 7.39. The zero-order valence-electron chi connectivity index (χ0n) is 17.6. The number of aliphatic imine (C=N–C) groups is 1. The first-order valence-electron chi connectivity index (χ1n) is 10.2. The van der Waals surface area contributed by atoms with E-state index < -0.39 is 0 Å². The molecule has 29 heavy (non-hydrogen) atoms. The van der Waals surface area contributed by atoms with E-state index in [0.29, 0.717) is 12.5 Å². The van der Waals surface area contributed by atoms with Crippen LogP contribution in [-0.2, 0) is 19.5 Å². The number of aryl methyl sites for hydroxylation is 3. The van der Waals surface area contributed by atoms with E-state index in [1.54, 1.807) is 7.05 Å². The molecule has 0 saturated carbocycles. The fraction of sp³-hybridized carbons (Fsp3) is 0.333. The Bertz CT molecular complexity index is 897. The minimum atomic E-state index is 0.405. The number of hydrogen-bond donors (Lipinski definition) is 2. The van der Waals surface area contributed by atoms with Gasteiger partial charge in [-0.25, -0.2) is 4.98 Å². The Kier molecular flexibility index (Phi) is 7.45. The van der Waals surface area contributed by atoms with Gasteiger partial charge in [0.2, 0.25) is 0 Å². The summed E-state index contributed by atoms with van der Waals surface area (Å²) in [6.45, 7) is 6.71. The quantitative estimate of drug-likeness (QED) is 0.454. The van der Waals surface area contributed by atoms with Crippen molar-refractivity contribution in [1.29, 1.82) is 0 Å². The summed E-state index contributed by atoms with van der Waals surface area (Å²) in [7, 11) is 1.80. The van der Waals surface area contributed by atoms with Crippen molar-refractivity contribution in [3.63, 3.8) is 0 Å². The highest BCUT2D eigenvalue weighted by molar-refractivity contribution is 5.79. The number of hydrogen-bond acceptors (Lipinski definition) is 2. The Morgan fingerprint density at radius 1 is 1.07 bits per heavy atom. The molecule has 1 heterocycles. The summed E-state index contributed by atoms with van der Waals surface area (Å²) in [4.78, 5) is 8.85. The Hall–Kier alpha value is -3.08. The van der Waals surface area contributed by atoms with Gasteiger partial charge in [0.1, 0.15) is 5.82 Å². The van der Waals surface area contributed by atoms with Crippen LogP contribution in [0.15, 0.2) is 72.0 Å². The maximum absolute atomic E-state index is 4.50. The monoisotopic (exact) mass is 389 g/mol. The third-order valence-electron chi connectivity index (χ3n) is 5.15. The smallest absolute Gasteiger partial charge is 0.191 e. The van der Waals surface area contributed by atoms with Crippen LogP contribution in [0.25, 0.3) is 0 Å². The molecule has 5 nitrogen and oxygen atoms in total. The third-order valence-corrected chi connectivity index (χ3v) is 5.15. The van der Waals surface area contributed by atoms with Crippen molar-refractivity contribution in [3.8, 4) is 0 Å². The first-order valence-corrected chi connectivity index (χ1v) is 10.2. The van der Waals surface area contributed by atoms with Crippen LogP contribution in [0.1, 0.15) is 35.4 Å². The van der Waals surface area contributed by atoms with Crippen molar-refractivity contribution in [1.82, 2.24) is 20.2 Å². The van der Waals surface area contributed by atoms with Gasteiger partial charge >= 0.3 is 0 Å². The molecule has 2 N–H and O–H groups in total. The Morgan fingerprint density at radius 2 is 1.83 bits per heavy atom. The van der Waals surface area contributed by atoms with Crippen molar-refractivity contribution < 1.29 is 0 Å². The number of rotatable bonds is 8. The van der Waals surface area contributed by atoms with E-state index in [1.807, 2.05) is 18.5 Å². The number of nitrogens with one attached hydrogen (secondary N) is 2. The van der Waals surface area contributed by atoms with Crippen LogP contribution in [0, 0.1) is 6.92 Å². The molecule has 3 aromatic rings. The van der Waals surface area contributed by atoms with Crippen LogP contribution in [0.4, 0.5) is 0 Å². The summed E-state index contributed by atoms with van der Waals surface area (Å²) >= 11 is 0. The zero-order valence-corrected chi connectivity index (χ0v) is 17.6. The van der Waals surface area contributed by atoms with Gasteiger partial charge in [0.05, 0.1) is 6.54 Å². The summed E-state index contributed by atoms with van der Waals surface area (Å²) in [5.74, 6) is 2.21. The van der Waals surface area contributed by atoms with Crippen LogP contribution >= 0.6 is 0 Å². The minimum Gasteiger partial charge on any atom is -0.356 e. The maximum atomic E-state index is 4.50. The number of guanidine groups is 1. The van der Waals surface area contributed by atoms with E-state index in [1.165, 1.54) is 16.7 Å². The lowest BCUT2D eigenvalue weighted by molar-refractivity contribution is 0.630. The third kappa shape index (κ3) is 6.21. The lowest BCUT2D eigenvalue weighted by Crippen LogP contribution is -2.39. The normalized spacial score (nSPS) is 12.6.